The maximum atomic E-state index is 12.5. The van der Waals surface area contributed by atoms with E-state index in [1.165, 1.54) is 38.5 Å². The number of rotatable bonds is 4. The monoisotopic (exact) mass is 266 g/mol. The first-order valence-corrected chi connectivity index (χ1v) is 8.09. The normalized spacial score (nSPS) is 25.5. The van der Waals surface area contributed by atoms with Gasteiger partial charge < -0.3 is 4.74 Å². The minimum absolute atomic E-state index is 0.0185. The van der Waals surface area contributed by atoms with Crippen LogP contribution in [0.15, 0.2) is 0 Å². The third-order valence-corrected chi connectivity index (χ3v) is 5.94. The van der Waals surface area contributed by atoms with Gasteiger partial charge in [-0.3, -0.25) is 4.79 Å². The van der Waals surface area contributed by atoms with Crippen LogP contribution in [0.4, 0.5) is 0 Å². The Morgan fingerprint density at radius 1 is 1.05 bits per heavy atom. The molecule has 0 radical (unpaired) electrons. The number of carbonyl (C=O) groups excluding carboxylic acids is 1. The largest absolute Gasteiger partial charge is 0.458 e. The molecule has 110 valence electrons. The first-order chi connectivity index (χ1) is 8.85. The molecular formula is C17H30O2. The van der Waals surface area contributed by atoms with Crippen LogP contribution >= 0.6 is 0 Å². The van der Waals surface area contributed by atoms with Gasteiger partial charge >= 0.3 is 5.97 Å². The molecule has 0 aromatic carbocycles. The maximum Gasteiger partial charge on any atom is 0.312 e. The van der Waals surface area contributed by atoms with Crippen LogP contribution in [0.1, 0.15) is 85.5 Å². The van der Waals surface area contributed by atoms with E-state index >= 15 is 0 Å². The van der Waals surface area contributed by atoms with Crippen molar-refractivity contribution in [1.29, 1.82) is 0 Å². The molecule has 0 N–H and O–H groups in total. The number of hydrogen-bond donors (Lipinski definition) is 0. The van der Waals surface area contributed by atoms with Crippen molar-refractivity contribution in [3.8, 4) is 0 Å². The maximum absolute atomic E-state index is 12.5. The Kier molecular flexibility index (Phi) is 3.99. The predicted molar refractivity (Wildman–Crippen MR) is 77.9 cm³/mol. The zero-order valence-electron chi connectivity index (χ0n) is 13.2. The molecule has 19 heavy (non-hydrogen) atoms. The highest BCUT2D eigenvalue weighted by molar-refractivity contribution is 5.76. The molecule has 0 unspecified atom stereocenters. The van der Waals surface area contributed by atoms with Gasteiger partial charge in [0.1, 0.15) is 5.60 Å². The average Bonchev–Trinajstić information content (AvgIpc) is 3.00. The van der Waals surface area contributed by atoms with Crippen LogP contribution in [0.5, 0.6) is 0 Å². The molecular weight excluding hydrogens is 236 g/mol. The SMILES string of the molecule is CCC(C)(C)C(=O)OC1(C2(C)CCCC2)CCCC1. The van der Waals surface area contributed by atoms with E-state index in [9.17, 15) is 4.79 Å². The zero-order valence-corrected chi connectivity index (χ0v) is 13.2. The molecule has 0 amide bonds. The lowest BCUT2D eigenvalue weighted by Gasteiger charge is -2.45. The van der Waals surface area contributed by atoms with Gasteiger partial charge in [-0.2, -0.15) is 0 Å². The molecule has 0 saturated heterocycles. The van der Waals surface area contributed by atoms with Crippen LogP contribution < -0.4 is 0 Å². The standard InChI is InChI=1S/C17H30O2/c1-5-15(2,3)14(18)19-17(12-8-9-13-17)16(4)10-6-7-11-16/h5-13H2,1-4H3. The van der Waals surface area contributed by atoms with Crippen molar-refractivity contribution in [3.05, 3.63) is 0 Å². The van der Waals surface area contributed by atoms with Gasteiger partial charge in [0.2, 0.25) is 0 Å². The highest BCUT2D eigenvalue weighted by atomic mass is 16.6. The smallest absolute Gasteiger partial charge is 0.312 e. The summed E-state index contributed by atoms with van der Waals surface area (Å²) in [6, 6.07) is 0. The van der Waals surface area contributed by atoms with E-state index in [-0.39, 0.29) is 22.4 Å². The van der Waals surface area contributed by atoms with Crippen LogP contribution in [0.25, 0.3) is 0 Å². The molecule has 2 saturated carbocycles. The summed E-state index contributed by atoms with van der Waals surface area (Å²) in [5.74, 6) is 0.0185. The first kappa shape index (κ1) is 14.9. The quantitative estimate of drug-likeness (QED) is 0.679. The van der Waals surface area contributed by atoms with Gasteiger partial charge in [0.25, 0.3) is 0 Å². The Balaban J connectivity index is 2.19. The van der Waals surface area contributed by atoms with Crippen molar-refractivity contribution >= 4 is 5.97 Å². The number of esters is 1. The highest BCUT2D eigenvalue weighted by Gasteiger charge is 2.54. The molecule has 0 aliphatic heterocycles. The fraction of sp³-hybridized carbons (Fsp3) is 0.941. The van der Waals surface area contributed by atoms with Gasteiger partial charge in [-0.1, -0.05) is 26.7 Å². The number of ether oxygens (including phenoxy) is 1. The van der Waals surface area contributed by atoms with Crippen molar-refractivity contribution in [1.82, 2.24) is 0 Å². The van der Waals surface area contributed by atoms with Crippen molar-refractivity contribution in [2.75, 3.05) is 0 Å². The second kappa shape index (κ2) is 5.10. The minimum atomic E-state index is -0.343. The summed E-state index contributed by atoms with van der Waals surface area (Å²) >= 11 is 0. The van der Waals surface area contributed by atoms with E-state index in [4.69, 9.17) is 4.74 Å². The highest BCUT2D eigenvalue weighted by Crippen LogP contribution is 2.55. The molecule has 0 aromatic heterocycles. The second-order valence-corrected chi connectivity index (χ2v) is 7.60. The van der Waals surface area contributed by atoms with Crippen molar-refractivity contribution in [2.24, 2.45) is 10.8 Å². The van der Waals surface area contributed by atoms with Crippen LogP contribution in [0, 0.1) is 10.8 Å². The van der Waals surface area contributed by atoms with E-state index < -0.39 is 0 Å². The van der Waals surface area contributed by atoms with Gasteiger partial charge in [-0.05, 0) is 58.8 Å². The molecule has 2 rings (SSSR count). The van der Waals surface area contributed by atoms with Gasteiger partial charge in [0, 0.05) is 5.41 Å². The molecule has 0 heterocycles. The van der Waals surface area contributed by atoms with E-state index in [0.717, 1.165) is 19.3 Å². The Labute approximate surface area is 118 Å². The van der Waals surface area contributed by atoms with Crippen LogP contribution in [0.3, 0.4) is 0 Å². The van der Waals surface area contributed by atoms with Crippen LogP contribution in [0.2, 0.25) is 0 Å². The lowest BCUT2D eigenvalue weighted by molar-refractivity contribution is -0.185. The lowest BCUT2D eigenvalue weighted by Crippen LogP contribution is -2.48. The van der Waals surface area contributed by atoms with Gasteiger partial charge in [0.05, 0.1) is 5.41 Å². The lowest BCUT2D eigenvalue weighted by atomic mass is 9.70. The molecule has 2 heteroatoms. The topological polar surface area (TPSA) is 26.3 Å². The first-order valence-electron chi connectivity index (χ1n) is 8.09. The molecule has 2 fully saturated rings. The molecule has 0 spiro atoms. The Morgan fingerprint density at radius 2 is 1.53 bits per heavy atom. The summed E-state index contributed by atoms with van der Waals surface area (Å²) in [5, 5.41) is 0. The minimum Gasteiger partial charge on any atom is -0.458 e. The van der Waals surface area contributed by atoms with Crippen LogP contribution in [-0.4, -0.2) is 11.6 Å². The van der Waals surface area contributed by atoms with Crippen molar-refractivity contribution in [2.45, 2.75) is 91.1 Å². The summed E-state index contributed by atoms with van der Waals surface area (Å²) in [7, 11) is 0. The van der Waals surface area contributed by atoms with Crippen molar-refractivity contribution < 1.29 is 9.53 Å². The van der Waals surface area contributed by atoms with E-state index in [0.29, 0.717) is 0 Å². The summed E-state index contributed by atoms with van der Waals surface area (Å²) in [6.07, 6.45) is 10.5. The Morgan fingerprint density at radius 3 is 2.00 bits per heavy atom. The van der Waals surface area contributed by atoms with E-state index in [1.54, 1.807) is 0 Å². The summed E-state index contributed by atoms with van der Waals surface area (Å²) < 4.78 is 6.20. The molecule has 2 aliphatic carbocycles. The summed E-state index contributed by atoms with van der Waals surface area (Å²) in [6.45, 7) is 8.45. The average molecular weight is 266 g/mol. The number of carbonyl (C=O) groups is 1. The van der Waals surface area contributed by atoms with E-state index in [1.807, 2.05) is 13.8 Å². The molecule has 2 aliphatic rings. The predicted octanol–water partition coefficient (Wildman–Crippen LogP) is 4.86. The molecule has 0 bridgehead atoms. The van der Waals surface area contributed by atoms with Crippen LogP contribution in [-0.2, 0) is 9.53 Å². The molecule has 0 aromatic rings. The molecule has 0 atom stereocenters. The Bertz CT molecular complexity index is 331. The Hall–Kier alpha value is -0.530. The zero-order chi connectivity index (χ0) is 14.1. The summed E-state index contributed by atoms with van der Waals surface area (Å²) in [4.78, 5) is 12.5. The summed E-state index contributed by atoms with van der Waals surface area (Å²) in [5.41, 5.74) is -0.277. The third-order valence-electron chi connectivity index (χ3n) is 5.94. The molecule has 2 nitrogen and oxygen atoms in total. The second-order valence-electron chi connectivity index (χ2n) is 7.60. The van der Waals surface area contributed by atoms with Crippen molar-refractivity contribution in [3.63, 3.8) is 0 Å². The fourth-order valence-electron chi connectivity index (χ4n) is 3.85. The number of hydrogen-bond acceptors (Lipinski definition) is 2. The fourth-order valence-corrected chi connectivity index (χ4v) is 3.85. The third kappa shape index (κ3) is 2.55. The van der Waals surface area contributed by atoms with E-state index in [2.05, 4.69) is 13.8 Å². The van der Waals surface area contributed by atoms with Gasteiger partial charge in [-0.25, -0.2) is 0 Å². The van der Waals surface area contributed by atoms with Gasteiger partial charge in [0.15, 0.2) is 0 Å². The van der Waals surface area contributed by atoms with Gasteiger partial charge in [-0.15, -0.1) is 0 Å².